The van der Waals surface area contributed by atoms with E-state index in [9.17, 15) is 9.59 Å². The summed E-state index contributed by atoms with van der Waals surface area (Å²) in [6.07, 6.45) is 0. The summed E-state index contributed by atoms with van der Waals surface area (Å²) in [5, 5.41) is 12.1. The van der Waals surface area contributed by atoms with E-state index in [4.69, 9.17) is 5.11 Å². The van der Waals surface area contributed by atoms with Crippen molar-refractivity contribution in [3.63, 3.8) is 0 Å². The van der Waals surface area contributed by atoms with Crippen LogP contribution >= 0.6 is 0 Å². The fourth-order valence-corrected chi connectivity index (χ4v) is 3.60. The fourth-order valence-electron chi connectivity index (χ4n) is 3.60. The van der Waals surface area contributed by atoms with E-state index in [0.717, 1.165) is 0 Å². The number of likely N-dealkylation sites (tertiary alicyclic amines) is 1. The molecule has 2 atom stereocenters. The molecule has 2 aliphatic rings. The van der Waals surface area contributed by atoms with Gasteiger partial charge in [-0.3, -0.25) is 4.79 Å². The second-order valence-corrected chi connectivity index (χ2v) is 7.51. The van der Waals surface area contributed by atoms with E-state index in [2.05, 4.69) is 33.0 Å². The molecule has 1 saturated carbocycles. The maximum Gasteiger partial charge on any atom is 0.317 e. The Balaban J connectivity index is 1.84. The third-order valence-electron chi connectivity index (χ3n) is 5.99. The summed E-state index contributed by atoms with van der Waals surface area (Å²) in [5.41, 5.74) is 0.504. The van der Waals surface area contributed by atoms with E-state index in [1.807, 2.05) is 6.92 Å². The number of amides is 2. The van der Waals surface area contributed by atoms with Gasteiger partial charge in [-0.15, -0.1) is 0 Å². The lowest BCUT2D eigenvalue weighted by molar-refractivity contribution is -0.142. The molecular formula is C15H26N2O3. The predicted octanol–water partition coefficient (Wildman–Crippen LogP) is 2.03. The van der Waals surface area contributed by atoms with Crippen LogP contribution in [0.4, 0.5) is 4.79 Å². The van der Waals surface area contributed by atoms with Gasteiger partial charge in [0.05, 0.1) is 5.92 Å². The second-order valence-electron chi connectivity index (χ2n) is 7.51. The molecule has 0 spiro atoms. The van der Waals surface area contributed by atoms with Crippen LogP contribution in [0.5, 0.6) is 0 Å². The standard InChI is InChI=1S/C15H26N2O3/c1-9-7-17(8-10(9)12(18)19)13(20)16-6-11-14(2,3)15(11,4)5/h9-11H,6-8H2,1-5H3,(H,16,20)(H,18,19). The molecular weight excluding hydrogens is 256 g/mol. The van der Waals surface area contributed by atoms with Crippen LogP contribution in [-0.4, -0.2) is 41.6 Å². The van der Waals surface area contributed by atoms with Gasteiger partial charge >= 0.3 is 12.0 Å². The molecule has 2 N–H and O–H groups in total. The Morgan fingerprint density at radius 2 is 1.75 bits per heavy atom. The highest BCUT2D eigenvalue weighted by molar-refractivity contribution is 5.77. The van der Waals surface area contributed by atoms with Crippen molar-refractivity contribution < 1.29 is 14.7 Å². The van der Waals surface area contributed by atoms with Crippen molar-refractivity contribution in [1.82, 2.24) is 10.2 Å². The zero-order valence-electron chi connectivity index (χ0n) is 13.1. The number of rotatable bonds is 3. The Bertz CT molecular complexity index is 417. The highest BCUT2D eigenvalue weighted by Crippen LogP contribution is 2.67. The molecule has 5 heteroatoms. The molecule has 5 nitrogen and oxygen atoms in total. The molecule has 2 amide bonds. The van der Waals surface area contributed by atoms with Crippen molar-refractivity contribution in [2.75, 3.05) is 19.6 Å². The van der Waals surface area contributed by atoms with Crippen LogP contribution in [0.2, 0.25) is 0 Å². The molecule has 114 valence electrons. The van der Waals surface area contributed by atoms with E-state index in [1.54, 1.807) is 4.90 Å². The molecule has 2 rings (SSSR count). The number of carboxylic acids is 1. The van der Waals surface area contributed by atoms with Crippen LogP contribution in [0.1, 0.15) is 34.6 Å². The van der Waals surface area contributed by atoms with E-state index in [1.165, 1.54) is 0 Å². The SMILES string of the molecule is CC1CN(C(=O)NCC2C(C)(C)C2(C)C)CC1C(=O)O. The van der Waals surface area contributed by atoms with Crippen molar-refractivity contribution >= 4 is 12.0 Å². The lowest BCUT2D eigenvalue weighted by Gasteiger charge is -2.17. The maximum absolute atomic E-state index is 12.1. The maximum atomic E-state index is 12.1. The van der Waals surface area contributed by atoms with Crippen molar-refractivity contribution in [2.45, 2.75) is 34.6 Å². The monoisotopic (exact) mass is 282 g/mol. The van der Waals surface area contributed by atoms with E-state index < -0.39 is 11.9 Å². The highest BCUT2D eigenvalue weighted by Gasteiger charge is 2.64. The first-order chi connectivity index (χ1) is 9.09. The summed E-state index contributed by atoms with van der Waals surface area (Å²) in [5.74, 6) is -0.742. The average Bonchev–Trinajstić information content (AvgIpc) is 2.64. The normalized spacial score (nSPS) is 31.1. The zero-order valence-corrected chi connectivity index (χ0v) is 13.1. The Labute approximate surface area is 120 Å². The number of hydrogen-bond donors (Lipinski definition) is 2. The van der Waals surface area contributed by atoms with E-state index >= 15 is 0 Å². The third kappa shape index (κ3) is 2.27. The first-order valence-electron chi connectivity index (χ1n) is 7.34. The minimum atomic E-state index is -0.808. The number of nitrogens with one attached hydrogen (secondary N) is 1. The number of hydrogen-bond acceptors (Lipinski definition) is 2. The van der Waals surface area contributed by atoms with Crippen molar-refractivity contribution in [2.24, 2.45) is 28.6 Å². The topological polar surface area (TPSA) is 69.6 Å². The van der Waals surface area contributed by atoms with Crippen LogP contribution < -0.4 is 5.32 Å². The molecule has 0 bridgehead atoms. The summed E-state index contributed by atoms with van der Waals surface area (Å²) in [6, 6.07) is -0.126. The molecule has 2 unspecified atom stereocenters. The van der Waals surface area contributed by atoms with Gasteiger partial charge in [0.1, 0.15) is 0 Å². The average molecular weight is 282 g/mol. The minimum absolute atomic E-state index is 0.0204. The van der Waals surface area contributed by atoms with Gasteiger partial charge in [0.2, 0.25) is 0 Å². The number of carbonyl (C=O) groups excluding carboxylic acids is 1. The zero-order chi connectivity index (χ0) is 15.3. The quantitative estimate of drug-likeness (QED) is 0.832. The first kappa shape index (κ1) is 15.1. The number of nitrogens with zero attached hydrogens (tertiary/aromatic N) is 1. The molecule has 1 heterocycles. The molecule has 0 radical (unpaired) electrons. The number of carbonyl (C=O) groups is 2. The van der Waals surface area contributed by atoms with Crippen molar-refractivity contribution in [1.29, 1.82) is 0 Å². The number of aliphatic carboxylic acids is 1. The second kappa shape index (κ2) is 4.64. The molecule has 1 aliphatic carbocycles. The Morgan fingerprint density at radius 1 is 1.20 bits per heavy atom. The third-order valence-corrected chi connectivity index (χ3v) is 5.99. The van der Waals surface area contributed by atoms with Crippen LogP contribution in [-0.2, 0) is 4.79 Å². The molecule has 20 heavy (non-hydrogen) atoms. The fraction of sp³-hybridized carbons (Fsp3) is 0.867. The van der Waals surface area contributed by atoms with Gasteiger partial charge in [-0.25, -0.2) is 4.79 Å². The van der Waals surface area contributed by atoms with Crippen molar-refractivity contribution in [3.8, 4) is 0 Å². The molecule has 1 aliphatic heterocycles. The van der Waals surface area contributed by atoms with Crippen LogP contribution in [0, 0.1) is 28.6 Å². The van der Waals surface area contributed by atoms with Gasteiger partial charge in [0, 0.05) is 19.6 Å². The van der Waals surface area contributed by atoms with Crippen LogP contribution in [0.3, 0.4) is 0 Å². The molecule has 1 saturated heterocycles. The highest BCUT2D eigenvalue weighted by atomic mass is 16.4. The van der Waals surface area contributed by atoms with Gasteiger partial charge in [0.15, 0.2) is 0 Å². The smallest absolute Gasteiger partial charge is 0.317 e. The minimum Gasteiger partial charge on any atom is -0.481 e. The van der Waals surface area contributed by atoms with Crippen LogP contribution in [0.15, 0.2) is 0 Å². The molecule has 2 fully saturated rings. The summed E-state index contributed by atoms with van der Waals surface area (Å²) < 4.78 is 0. The molecule has 0 aromatic carbocycles. The van der Waals surface area contributed by atoms with Gasteiger partial charge in [-0.1, -0.05) is 34.6 Å². The van der Waals surface area contributed by atoms with Crippen molar-refractivity contribution in [3.05, 3.63) is 0 Å². The van der Waals surface area contributed by atoms with E-state index in [0.29, 0.717) is 25.6 Å². The lowest BCUT2D eigenvalue weighted by atomic mass is 9.99. The predicted molar refractivity (Wildman–Crippen MR) is 76.3 cm³/mol. The first-order valence-corrected chi connectivity index (χ1v) is 7.34. The van der Waals surface area contributed by atoms with Crippen LogP contribution in [0.25, 0.3) is 0 Å². The van der Waals surface area contributed by atoms with Gasteiger partial charge in [-0.05, 0) is 22.7 Å². The van der Waals surface area contributed by atoms with Gasteiger partial charge < -0.3 is 15.3 Å². The lowest BCUT2D eigenvalue weighted by Crippen LogP contribution is -2.40. The van der Waals surface area contributed by atoms with Gasteiger partial charge in [-0.2, -0.15) is 0 Å². The number of urea groups is 1. The Hall–Kier alpha value is -1.26. The summed E-state index contributed by atoms with van der Waals surface area (Å²) in [7, 11) is 0. The molecule has 0 aromatic rings. The summed E-state index contributed by atoms with van der Waals surface area (Å²) in [6.45, 7) is 12.3. The Kier molecular flexibility index (Phi) is 3.51. The van der Waals surface area contributed by atoms with E-state index in [-0.39, 0.29) is 22.8 Å². The molecule has 0 aromatic heterocycles. The number of carboxylic acid groups (broad SMARTS) is 1. The summed E-state index contributed by atoms with van der Waals surface area (Å²) >= 11 is 0. The summed E-state index contributed by atoms with van der Waals surface area (Å²) in [4.78, 5) is 24.8. The Morgan fingerprint density at radius 3 is 2.15 bits per heavy atom. The van der Waals surface area contributed by atoms with Gasteiger partial charge in [0.25, 0.3) is 0 Å². The largest absolute Gasteiger partial charge is 0.481 e.